The van der Waals surface area contributed by atoms with E-state index >= 15 is 0 Å². The molecule has 1 aliphatic heterocycles. The summed E-state index contributed by atoms with van der Waals surface area (Å²) in [6, 6.07) is 12.9. The maximum atomic E-state index is 13.0. The Hall–Kier alpha value is -2.84. The third-order valence-corrected chi connectivity index (χ3v) is 5.49. The molecule has 156 valence electrons. The highest BCUT2D eigenvalue weighted by molar-refractivity contribution is 8.27. The zero-order chi connectivity index (χ0) is 21.7. The Morgan fingerprint density at radius 1 is 1.17 bits per heavy atom. The van der Waals surface area contributed by atoms with Crippen molar-refractivity contribution in [3.05, 3.63) is 58.5 Å². The smallest absolute Gasteiger partial charge is 0.343 e. The number of thiocarbonyl (C=S) groups is 1. The summed E-state index contributed by atoms with van der Waals surface area (Å²) in [6.45, 7) is 4.03. The summed E-state index contributed by atoms with van der Waals surface area (Å²) >= 11 is 6.69. The van der Waals surface area contributed by atoms with E-state index in [0.29, 0.717) is 27.3 Å². The van der Waals surface area contributed by atoms with Gasteiger partial charge >= 0.3 is 5.97 Å². The highest BCUT2D eigenvalue weighted by atomic mass is 32.2. The van der Waals surface area contributed by atoms with E-state index in [9.17, 15) is 9.59 Å². The monoisotopic (exact) mass is 443 g/mol. The molecule has 1 fully saturated rings. The van der Waals surface area contributed by atoms with Crippen LogP contribution in [0.15, 0.2) is 47.4 Å². The molecule has 0 unspecified atom stereocenters. The molecule has 1 amide bonds. The van der Waals surface area contributed by atoms with Gasteiger partial charge in [-0.2, -0.15) is 0 Å². The number of hydrogen-bond acceptors (Lipinski definition) is 7. The molecule has 1 aliphatic rings. The van der Waals surface area contributed by atoms with Crippen LogP contribution in [0.1, 0.15) is 18.1 Å². The lowest BCUT2D eigenvalue weighted by atomic mass is 10.1. The zero-order valence-corrected chi connectivity index (χ0v) is 18.5. The number of aryl methyl sites for hydroxylation is 1. The van der Waals surface area contributed by atoms with Crippen molar-refractivity contribution in [2.24, 2.45) is 0 Å². The van der Waals surface area contributed by atoms with Crippen LogP contribution in [0, 0.1) is 6.92 Å². The van der Waals surface area contributed by atoms with Crippen molar-refractivity contribution in [2.45, 2.75) is 13.8 Å². The van der Waals surface area contributed by atoms with Crippen molar-refractivity contribution >= 4 is 51.9 Å². The number of benzene rings is 2. The van der Waals surface area contributed by atoms with Gasteiger partial charge in [-0.25, -0.2) is 4.79 Å². The Bertz CT molecular complexity index is 1020. The first kappa shape index (κ1) is 21.9. The molecule has 0 aromatic heterocycles. The number of anilines is 1. The predicted octanol–water partition coefficient (Wildman–Crippen LogP) is 4.35. The van der Waals surface area contributed by atoms with Crippen LogP contribution in [0.3, 0.4) is 0 Å². The van der Waals surface area contributed by atoms with E-state index in [1.807, 2.05) is 38.1 Å². The summed E-state index contributed by atoms with van der Waals surface area (Å²) < 4.78 is 16.2. The molecule has 0 radical (unpaired) electrons. The lowest BCUT2D eigenvalue weighted by Crippen LogP contribution is -2.27. The lowest BCUT2D eigenvalue weighted by molar-refractivity contribution is -0.142. The van der Waals surface area contributed by atoms with Gasteiger partial charge in [-0.05, 0) is 55.3 Å². The lowest BCUT2D eigenvalue weighted by Gasteiger charge is -2.15. The first-order valence-corrected chi connectivity index (χ1v) is 10.5. The molecule has 1 heterocycles. The summed E-state index contributed by atoms with van der Waals surface area (Å²) in [4.78, 5) is 26.4. The summed E-state index contributed by atoms with van der Waals surface area (Å²) in [6.07, 6.45) is 1.77. The fourth-order valence-electron chi connectivity index (χ4n) is 2.81. The summed E-state index contributed by atoms with van der Waals surface area (Å²) in [7, 11) is 1.30. The topological polar surface area (TPSA) is 65.1 Å². The number of hydrogen-bond donors (Lipinski definition) is 0. The number of ether oxygens (including phenoxy) is 3. The van der Waals surface area contributed by atoms with Gasteiger partial charge < -0.3 is 14.2 Å². The fraction of sp³-hybridized carbons (Fsp3) is 0.227. The average molecular weight is 444 g/mol. The predicted molar refractivity (Wildman–Crippen MR) is 122 cm³/mol. The SMILES string of the molecule is CCOc1cc(/C=C2\SC(=S)N(c3cccc(C)c3)C2=O)ccc1OCC(=O)OC. The minimum atomic E-state index is -0.485. The van der Waals surface area contributed by atoms with Gasteiger partial charge in [-0.3, -0.25) is 9.69 Å². The molecule has 0 spiro atoms. The Morgan fingerprint density at radius 3 is 2.67 bits per heavy atom. The van der Waals surface area contributed by atoms with Gasteiger partial charge in [-0.15, -0.1) is 0 Å². The first-order chi connectivity index (χ1) is 14.4. The molecule has 0 saturated carbocycles. The van der Waals surface area contributed by atoms with Gasteiger partial charge in [0.1, 0.15) is 0 Å². The molecule has 2 aromatic rings. The molecule has 3 rings (SSSR count). The van der Waals surface area contributed by atoms with Crippen LogP contribution in [-0.4, -0.2) is 36.5 Å². The summed E-state index contributed by atoms with van der Waals surface area (Å²) in [5.74, 6) is 0.247. The number of rotatable bonds is 7. The Morgan fingerprint density at radius 2 is 1.97 bits per heavy atom. The summed E-state index contributed by atoms with van der Waals surface area (Å²) in [5.41, 5.74) is 2.56. The van der Waals surface area contributed by atoms with Crippen LogP contribution >= 0.6 is 24.0 Å². The highest BCUT2D eigenvalue weighted by Crippen LogP contribution is 2.37. The normalized spacial score (nSPS) is 14.9. The van der Waals surface area contributed by atoms with Crippen molar-refractivity contribution in [1.82, 2.24) is 0 Å². The first-order valence-electron chi connectivity index (χ1n) is 9.24. The maximum absolute atomic E-state index is 13.0. The van der Waals surface area contributed by atoms with E-state index < -0.39 is 5.97 Å². The van der Waals surface area contributed by atoms with E-state index in [0.717, 1.165) is 16.8 Å². The van der Waals surface area contributed by atoms with E-state index in [4.69, 9.17) is 21.7 Å². The van der Waals surface area contributed by atoms with E-state index in [1.54, 1.807) is 24.3 Å². The van der Waals surface area contributed by atoms with E-state index in [2.05, 4.69) is 4.74 Å². The Labute approximate surface area is 184 Å². The molecule has 8 heteroatoms. The van der Waals surface area contributed by atoms with Crippen molar-refractivity contribution < 1.29 is 23.8 Å². The van der Waals surface area contributed by atoms with Crippen molar-refractivity contribution in [2.75, 3.05) is 25.2 Å². The van der Waals surface area contributed by atoms with Crippen molar-refractivity contribution in [1.29, 1.82) is 0 Å². The molecule has 1 saturated heterocycles. The second kappa shape index (κ2) is 9.77. The van der Waals surface area contributed by atoms with Crippen LogP contribution in [0.4, 0.5) is 5.69 Å². The average Bonchev–Trinajstić information content (AvgIpc) is 3.00. The fourth-order valence-corrected chi connectivity index (χ4v) is 4.11. The van der Waals surface area contributed by atoms with Crippen LogP contribution in [0.25, 0.3) is 6.08 Å². The van der Waals surface area contributed by atoms with Gasteiger partial charge in [0.15, 0.2) is 22.4 Å². The number of methoxy groups -OCH3 is 1. The Kier molecular flexibility index (Phi) is 7.12. The minimum Gasteiger partial charge on any atom is -0.490 e. The number of thioether (sulfide) groups is 1. The van der Waals surface area contributed by atoms with Crippen LogP contribution in [0.2, 0.25) is 0 Å². The number of nitrogens with zero attached hydrogens (tertiary/aromatic N) is 1. The second-order valence-corrected chi connectivity index (χ2v) is 8.04. The molecular formula is C22H21NO5S2. The third-order valence-electron chi connectivity index (χ3n) is 4.19. The largest absolute Gasteiger partial charge is 0.490 e. The van der Waals surface area contributed by atoms with Gasteiger partial charge in [-0.1, -0.05) is 42.2 Å². The standard InChI is InChI=1S/C22H21NO5S2/c1-4-27-18-11-15(8-9-17(18)28-13-20(24)26-3)12-19-21(25)23(22(29)30-19)16-7-5-6-14(2)10-16/h5-12H,4,13H2,1-3H3/b19-12-. The van der Waals surface area contributed by atoms with Gasteiger partial charge in [0.05, 0.1) is 24.3 Å². The zero-order valence-electron chi connectivity index (χ0n) is 16.8. The second-order valence-electron chi connectivity index (χ2n) is 6.36. The Balaban J connectivity index is 1.85. The molecule has 0 N–H and O–H groups in total. The van der Waals surface area contributed by atoms with E-state index in [-0.39, 0.29) is 12.5 Å². The molecular weight excluding hydrogens is 422 g/mol. The van der Waals surface area contributed by atoms with Gasteiger partial charge in [0.2, 0.25) is 0 Å². The number of carbonyl (C=O) groups excluding carboxylic acids is 2. The van der Waals surface area contributed by atoms with Gasteiger partial charge in [0, 0.05) is 0 Å². The third kappa shape index (κ3) is 5.01. The maximum Gasteiger partial charge on any atom is 0.343 e. The molecule has 30 heavy (non-hydrogen) atoms. The van der Waals surface area contributed by atoms with Gasteiger partial charge in [0.25, 0.3) is 5.91 Å². The molecule has 0 aliphatic carbocycles. The van der Waals surface area contributed by atoms with Crippen molar-refractivity contribution in [3.8, 4) is 11.5 Å². The molecule has 2 aromatic carbocycles. The van der Waals surface area contributed by atoms with Crippen LogP contribution < -0.4 is 14.4 Å². The molecule has 6 nitrogen and oxygen atoms in total. The van der Waals surface area contributed by atoms with Crippen LogP contribution in [0.5, 0.6) is 11.5 Å². The quantitative estimate of drug-likeness (QED) is 0.358. The summed E-state index contributed by atoms with van der Waals surface area (Å²) in [5, 5.41) is 0. The van der Waals surface area contributed by atoms with Crippen LogP contribution in [-0.2, 0) is 14.3 Å². The van der Waals surface area contributed by atoms with Crippen molar-refractivity contribution in [3.63, 3.8) is 0 Å². The minimum absolute atomic E-state index is 0.167. The highest BCUT2D eigenvalue weighted by Gasteiger charge is 2.33. The molecule has 0 bridgehead atoms. The number of esters is 1. The van der Waals surface area contributed by atoms with E-state index in [1.165, 1.54) is 23.8 Å². The number of carbonyl (C=O) groups is 2. The number of amides is 1. The molecule has 0 atom stereocenters.